The Morgan fingerprint density at radius 3 is 1.19 bits per heavy atom. The smallest absolute Gasteiger partial charge is 0.311 e. The third-order valence-corrected chi connectivity index (χ3v) is 11.1. The number of esters is 2. The number of hydrogen-bond acceptors (Lipinski definition) is 8. The summed E-state index contributed by atoms with van der Waals surface area (Å²) in [5.41, 5.74) is 4.07. The van der Waals surface area contributed by atoms with E-state index in [1.54, 1.807) is 24.3 Å². The number of nitrogens with zero attached hydrogens (tertiary/aromatic N) is 4. The molecule has 320 valence electrons. The predicted molar refractivity (Wildman–Crippen MR) is 240 cm³/mol. The van der Waals surface area contributed by atoms with E-state index in [1.165, 1.54) is 128 Å². The van der Waals surface area contributed by atoms with Gasteiger partial charge in [0.05, 0.1) is 0 Å². The van der Waals surface area contributed by atoms with Gasteiger partial charge < -0.3 is 9.47 Å². The summed E-state index contributed by atoms with van der Waals surface area (Å²) in [6, 6.07) is 14.5. The molecular weight excluding hydrogens is 733 g/mol. The summed E-state index contributed by atoms with van der Waals surface area (Å²) in [6.45, 7) is 6.47. The van der Waals surface area contributed by atoms with Crippen LogP contribution in [0.2, 0.25) is 0 Å². The zero-order valence-corrected chi connectivity index (χ0v) is 36.6. The number of hydrogen-bond donors (Lipinski definition) is 0. The molecule has 59 heavy (non-hydrogen) atoms. The van der Waals surface area contributed by atoms with Gasteiger partial charge in [0.1, 0.15) is 11.5 Å². The first-order valence-corrected chi connectivity index (χ1v) is 23.2. The molecule has 0 radical (unpaired) electrons. The van der Waals surface area contributed by atoms with Crippen molar-refractivity contribution in [1.29, 1.82) is 0 Å². The van der Waals surface area contributed by atoms with Crippen molar-refractivity contribution in [3.05, 3.63) is 84.4 Å². The third kappa shape index (κ3) is 19.9. The number of aryl methyl sites for hydroxylation is 2. The van der Waals surface area contributed by atoms with E-state index in [0.717, 1.165) is 35.1 Å². The molecule has 0 saturated heterocycles. The van der Waals surface area contributed by atoms with Gasteiger partial charge in [0.25, 0.3) is 0 Å². The molecule has 0 fully saturated rings. The van der Waals surface area contributed by atoms with Gasteiger partial charge in [-0.25, -0.2) is 19.9 Å². The van der Waals surface area contributed by atoms with Crippen LogP contribution in [0.3, 0.4) is 0 Å². The molecule has 0 unspecified atom stereocenters. The molecule has 2 heterocycles. The number of carbonyl (C=O) groups is 2. The van der Waals surface area contributed by atoms with Gasteiger partial charge in [0, 0.05) is 48.8 Å². The molecule has 1 atom stereocenters. The molecule has 0 spiro atoms. The van der Waals surface area contributed by atoms with Gasteiger partial charge >= 0.3 is 11.9 Å². The number of benzene rings is 2. The molecule has 0 amide bonds. The average molecular weight is 805 g/mol. The molecule has 0 aliphatic heterocycles. The molecule has 4 rings (SSSR count). The van der Waals surface area contributed by atoms with E-state index >= 15 is 0 Å². The van der Waals surface area contributed by atoms with Crippen molar-refractivity contribution in [2.45, 2.75) is 181 Å². The first-order chi connectivity index (χ1) is 28.9. The maximum absolute atomic E-state index is 12.7. The quantitative estimate of drug-likeness (QED) is 0.0281. The lowest BCUT2D eigenvalue weighted by Crippen LogP contribution is -2.15. The first-order valence-electron chi connectivity index (χ1n) is 23.2. The van der Waals surface area contributed by atoms with E-state index < -0.39 is 0 Å². The maximum atomic E-state index is 12.7. The Morgan fingerprint density at radius 2 is 0.814 bits per heavy atom. The van der Waals surface area contributed by atoms with Gasteiger partial charge in [0.15, 0.2) is 11.6 Å². The van der Waals surface area contributed by atoms with Crippen LogP contribution in [-0.2, 0) is 22.4 Å². The second kappa shape index (κ2) is 28.9. The topological polar surface area (TPSA) is 104 Å². The second-order valence-electron chi connectivity index (χ2n) is 16.5. The molecule has 0 bridgehead atoms. The molecule has 0 aliphatic rings. The van der Waals surface area contributed by atoms with Crippen LogP contribution < -0.4 is 9.47 Å². The lowest BCUT2D eigenvalue weighted by Gasteiger charge is -2.11. The predicted octanol–water partition coefficient (Wildman–Crippen LogP) is 13.8. The minimum atomic E-state index is -0.338. The van der Waals surface area contributed by atoms with E-state index in [-0.39, 0.29) is 30.7 Å². The van der Waals surface area contributed by atoms with Crippen molar-refractivity contribution in [2.75, 3.05) is 0 Å². The van der Waals surface area contributed by atoms with Gasteiger partial charge in [0.2, 0.25) is 0 Å². The number of aromatic nitrogens is 4. The lowest BCUT2D eigenvalue weighted by atomic mass is 10.0. The van der Waals surface area contributed by atoms with Crippen LogP contribution in [0.15, 0.2) is 73.3 Å². The number of ether oxygens (including phenoxy) is 2. The first kappa shape index (κ1) is 47.2. The summed E-state index contributed by atoms with van der Waals surface area (Å²) in [7, 11) is 0. The molecule has 0 N–H and O–H groups in total. The number of unbranched alkanes of at least 4 members (excludes halogenated alkanes) is 18. The van der Waals surface area contributed by atoms with E-state index in [0.29, 0.717) is 29.6 Å². The van der Waals surface area contributed by atoms with Crippen LogP contribution in [0.25, 0.3) is 22.8 Å². The number of carbonyl (C=O) groups excluding carboxylic acids is 2. The number of rotatable bonds is 31. The third-order valence-electron chi connectivity index (χ3n) is 11.1. The van der Waals surface area contributed by atoms with Crippen molar-refractivity contribution in [1.82, 2.24) is 19.9 Å². The highest BCUT2D eigenvalue weighted by atomic mass is 16.5. The monoisotopic (exact) mass is 805 g/mol. The molecule has 8 nitrogen and oxygen atoms in total. The van der Waals surface area contributed by atoms with E-state index in [2.05, 4.69) is 33.8 Å². The normalized spacial score (nSPS) is 11.7. The minimum absolute atomic E-state index is 0.0471. The summed E-state index contributed by atoms with van der Waals surface area (Å²) in [5, 5.41) is 0. The zero-order valence-electron chi connectivity index (χ0n) is 36.6. The largest absolute Gasteiger partial charge is 0.427 e. The SMILES string of the molecule is CCCCCCCCCCCCc1cnc(-c2ccc(OC(=O)CC[C@@H](C)CC(=O)Oc3ccc(-c4ncc(CCCCCCCCCCCC)cn4)cc3)cc2)nc1. The van der Waals surface area contributed by atoms with Gasteiger partial charge in [-0.2, -0.15) is 0 Å². The Balaban J connectivity index is 1.06. The van der Waals surface area contributed by atoms with Crippen LogP contribution in [0.4, 0.5) is 0 Å². The fourth-order valence-corrected chi connectivity index (χ4v) is 7.35. The molecule has 2 aromatic heterocycles. The zero-order chi connectivity index (χ0) is 41.8. The van der Waals surface area contributed by atoms with Crippen LogP contribution in [0.5, 0.6) is 11.5 Å². The van der Waals surface area contributed by atoms with Crippen molar-refractivity contribution in [3.63, 3.8) is 0 Å². The fraction of sp³-hybridized carbons (Fsp3) is 0.569. The van der Waals surface area contributed by atoms with Gasteiger partial charge in [-0.15, -0.1) is 0 Å². The van der Waals surface area contributed by atoms with Crippen molar-refractivity contribution in [3.8, 4) is 34.3 Å². The molecule has 2 aromatic carbocycles. The highest BCUT2D eigenvalue weighted by Crippen LogP contribution is 2.23. The Kier molecular flexibility index (Phi) is 23.1. The second-order valence-corrected chi connectivity index (χ2v) is 16.5. The summed E-state index contributed by atoms with van der Waals surface area (Å²) in [4.78, 5) is 43.6. The summed E-state index contributed by atoms with van der Waals surface area (Å²) in [5.74, 6) is 1.52. The van der Waals surface area contributed by atoms with Crippen LogP contribution in [0, 0.1) is 5.92 Å². The highest BCUT2D eigenvalue weighted by Gasteiger charge is 2.15. The molecule has 0 saturated carbocycles. The summed E-state index contributed by atoms with van der Waals surface area (Å²) < 4.78 is 11.2. The van der Waals surface area contributed by atoms with Crippen molar-refractivity contribution in [2.24, 2.45) is 5.92 Å². The van der Waals surface area contributed by atoms with Crippen LogP contribution in [0.1, 0.15) is 180 Å². The Hall–Kier alpha value is -4.46. The fourth-order valence-electron chi connectivity index (χ4n) is 7.35. The summed E-state index contributed by atoms with van der Waals surface area (Å²) in [6.07, 6.45) is 37.1. The highest BCUT2D eigenvalue weighted by molar-refractivity contribution is 5.74. The van der Waals surface area contributed by atoms with Crippen LogP contribution >= 0.6 is 0 Å². The van der Waals surface area contributed by atoms with Crippen LogP contribution in [-0.4, -0.2) is 31.9 Å². The molecule has 8 heteroatoms. The van der Waals surface area contributed by atoms with Crippen molar-refractivity contribution < 1.29 is 19.1 Å². The molecule has 4 aromatic rings. The van der Waals surface area contributed by atoms with E-state index in [1.807, 2.05) is 56.0 Å². The molecular formula is C51H72N4O4. The molecule has 0 aliphatic carbocycles. The van der Waals surface area contributed by atoms with Crippen molar-refractivity contribution >= 4 is 11.9 Å². The Labute approximate surface area is 355 Å². The summed E-state index contributed by atoms with van der Waals surface area (Å²) >= 11 is 0. The standard InChI is InChI=1S/C51H72N4O4/c1-4-6-8-10-12-14-16-18-20-22-24-42-37-52-50(53-38-42)44-27-31-46(32-28-44)58-48(56)35-26-41(3)36-49(57)59-47-33-29-45(30-34-47)51-54-39-43(40-55-51)25-23-21-19-17-15-13-11-9-7-5-2/h27-34,37-41H,4-26,35-36H2,1-3H3/t41-/m1/s1. The Morgan fingerprint density at radius 1 is 0.475 bits per heavy atom. The van der Waals surface area contributed by atoms with Gasteiger partial charge in [-0.05, 0) is 97.7 Å². The average Bonchev–Trinajstić information content (AvgIpc) is 3.25. The Bertz CT molecular complexity index is 1710. The van der Waals surface area contributed by atoms with E-state index in [4.69, 9.17) is 9.47 Å². The van der Waals surface area contributed by atoms with Gasteiger partial charge in [-0.1, -0.05) is 136 Å². The van der Waals surface area contributed by atoms with Gasteiger partial charge in [-0.3, -0.25) is 9.59 Å². The van der Waals surface area contributed by atoms with E-state index in [9.17, 15) is 9.59 Å². The minimum Gasteiger partial charge on any atom is -0.427 e. The maximum Gasteiger partial charge on any atom is 0.311 e. The lowest BCUT2D eigenvalue weighted by molar-refractivity contribution is -0.137.